The predicted molar refractivity (Wildman–Crippen MR) is 93.0 cm³/mol. The zero-order valence-electron chi connectivity index (χ0n) is 15.1. The number of nitriles is 1. The van der Waals surface area contributed by atoms with Crippen molar-refractivity contribution in [2.45, 2.75) is 53.9 Å². The Morgan fingerprint density at radius 2 is 1.45 bits per heavy atom. The summed E-state index contributed by atoms with van der Waals surface area (Å²) in [7, 11) is 0. The first-order valence-electron chi connectivity index (χ1n) is 7.74. The van der Waals surface area contributed by atoms with Gasteiger partial charge in [0.05, 0.1) is 11.6 Å². The van der Waals surface area contributed by atoms with Crippen LogP contribution < -0.4 is 4.74 Å². The number of ether oxygens (including phenoxy) is 1. The monoisotopic (exact) mass is 299 g/mol. The molecule has 0 unspecified atom stereocenters. The number of hydrogen-bond donors (Lipinski definition) is 0. The topological polar surface area (TPSA) is 33.0 Å². The lowest BCUT2D eigenvalue weighted by atomic mass is 9.52. The van der Waals surface area contributed by atoms with Gasteiger partial charge in [0.2, 0.25) is 0 Å². The van der Waals surface area contributed by atoms with Crippen LogP contribution in [0.25, 0.3) is 0 Å². The lowest BCUT2D eigenvalue weighted by molar-refractivity contribution is 0.0693. The second-order valence-electron chi connectivity index (χ2n) is 8.15. The van der Waals surface area contributed by atoms with Crippen LogP contribution in [0.5, 0.6) is 5.75 Å². The van der Waals surface area contributed by atoms with Gasteiger partial charge in [0, 0.05) is 5.41 Å². The van der Waals surface area contributed by atoms with Crippen LogP contribution in [0.15, 0.2) is 36.4 Å². The van der Waals surface area contributed by atoms with Gasteiger partial charge in [-0.15, -0.1) is 0 Å². The van der Waals surface area contributed by atoms with E-state index in [0.717, 1.165) is 5.75 Å². The second-order valence-corrected chi connectivity index (χ2v) is 8.15. The highest BCUT2D eigenvalue weighted by Gasteiger charge is 2.47. The van der Waals surface area contributed by atoms with E-state index in [0.29, 0.717) is 5.57 Å². The summed E-state index contributed by atoms with van der Waals surface area (Å²) in [6, 6.07) is 10.2. The van der Waals surface area contributed by atoms with Crippen molar-refractivity contribution in [2.24, 2.45) is 10.8 Å². The molecule has 0 aliphatic heterocycles. The second kappa shape index (κ2) is 6.16. The van der Waals surface area contributed by atoms with Crippen molar-refractivity contribution in [1.29, 1.82) is 5.26 Å². The van der Waals surface area contributed by atoms with Crippen molar-refractivity contribution in [1.82, 2.24) is 0 Å². The zero-order chi connectivity index (χ0) is 17.2. The van der Waals surface area contributed by atoms with Crippen molar-refractivity contribution in [3.05, 3.63) is 42.0 Å². The van der Waals surface area contributed by atoms with Crippen molar-refractivity contribution >= 4 is 0 Å². The van der Waals surface area contributed by atoms with E-state index in [1.807, 2.05) is 18.2 Å². The third-order valence-electron chi connectivity index (χ3n) is 5.00. The molecule has 22 heavy (non-hydrogen) atoms. The third-order valence-corrected chi connectivity index (χ3v) is 5.00. The molecular weight excluding hydrogens is 270 g/mol. The quantitative estimate of drug-likeness (QED) is 0.688. The zero-order valence-corrected chi connectivity index (χ0v) is 15.1. The molecule has 0 saturated heterocycles. The van der Waals surface area contributed by atoms with Crippen molar-refractivity contribution < 1.29 is 4.74 Å². The molecule has 0 spiro atoms. The maximum absolute atomic E-state index is 8.71. The Hall–Kier alpha value is -1.75. The summed E-state index contributed by atoms with van der Waals surface area (Å²) in [5, 5.41) is 8.71. The average Bonchev–Trinajstić information content (AvgIpc) is 2.42. The van der Waals surface area contributed by atoms with E-state index in [-0.39, 0.29) is 22.9 Å². The standard InChI is InChI=1S/C20H29NO/c1-15(13-21)14-22-17-11-9-16(10-12-17)20(8,18(2,3)4)19(5,6)7/h9-12H,1,14H2,2-8H3. The summed E-state index contributed by atoms with van der Waals surface area (Å²) in [6.45, 7) is 19.9. The molecule has 0 saturated carbocycles. The molecule has 0 radical (unpaired) electrons. The van der Waals surface area contributed by atoms with Crippen LogP contribution >= 0.6 is 0 Å². The van der Waals surface area contributed by atoms with Gasteiger partial charge >= 0.3 is 0 Å². The fraction of sp³-hybridized carbons (Fsp3) is 0.550. The molecular formula is C20H29NO. The van der Waals surface area contributed by atoms with Crippen LogP contribution in [0.1, 0.15) is 54.0 Å². The highest BCUT2D eigenvalue weighted by molar-refractivity contribution is 5.35. The highest BCUT2D eigenvalue weighted by Crippen LogP contribution is 2.53. The third kappa shape index (κ3) is 3.53. The highest BCUT2D eigenvalue weighted by atomic mass is 16.5. The molecule has 2 nitrogen and oxygen atoms in total. The normalized spacial score (nSPS) is 12.6. The Labute approximate surface area is 135 Å². The first kappa shape index (κ1) is 18.3. The van der Waals surface area contributed by atoms with Gasteiger partial charge < -0.3 is 4.74 Å². The fourth-order valence-electron chi connectivity index (χ4n) is 3.08. The number of rotatable bonds is 4. The minimum atomic E-state index is 0.0226. The summed E-state index contributed by atoms with van der Waals surface area (Å²) in [5.41, 5.74) is 2.01. The summed E-state index contributed by atoms with van der Waals surface area (Å²) in [6.07, 6.45) is 0. The van der Waals surface area contributed by atoms with Gasteiger partial charge in [-0.05, 0) is 28.5 Å². The summed E-state index contributed by atoms with van der Waals surface area (Å²) >= 11 is 0. The van der Waals surface area contributed by atoms with E-state index in [2.05, 4.69) is 67.2 Å². The maximum atomic E-state index is 8.71. The molecule has 0 fully saturated rings. The predicted octanol–water partition coefficient (Wildman–Crippen LogP) is 5.50. The van der Waals surface area contributed by atoms with Gasteiger partial charge in [0.1, 0.15) is 12.4 Å². The van der Waals surface area contributed by atoms with Crippen LogP contribution in [0.2, 0.25) is 0 Å². The Bertz CT molecular complexity index is 548. The van der Waals surface area contributed by atoms with Crippen LogP contribution in [0.3, 0.4) is 0 Å². The molecule has 0 heterocycles. The van der Waals surface area contributed by atoms with E-state index in [1.54, 1.807) is 0 Å². The Kier molecular flexibility index (Phi) is 5.13. The Balaban J connectivity index is 3.11. The lowest BCUT2D eigenvalue weighted by Gasteiger charge is -2.52. The molecule has 0 aromatic heterocycles. The van der Waals surface area contributed by atoms with Gasteiger partial charge in [0.25, 0.3) is 0 Å². The van der Waals surface area contributed by atoms with Crippen LogP contribution in [-0.4, -0.2) is 6.61 Å². The van der Waals surface area contributed by atoms with Crippen molar-refractivity contribution in [3.63, 3.8) is 0 Å². The van der Waals surface area contributed by atoms with Gasteiger partial charge in [-0.25, -0.2) is 0 Å². The molecule has 0 aliphatic rings. The van der Waals surface area contributed by atoms with E-state index in [9.17, 15) is 0 Å². The van der Waals surface area contributed by atoms with Crippen LogP contribution in [0, 0.1) is 22.2 Å². The van der Waals surface area contributed by atoms with Gasteiger partial charge in [0.15, 0.2) is 0 Å². The Morgan fingerprint density at radius 1 is 1.00 bits per heavy atom. The lowest BCUT2D eigenvalue weighted by Crippen LogP contribution is -2.47. The maximum Gasteiger partial charge on any atom is 0.123 e. The molecule has 0 atom stereocenters. The average molecular weight is 299 g/mol. The number of nitrogens with zero attached hydrogens (tertiary/aromatic N) is 1. The van der Waals surface area contributed by atoms with E-state index >= 15 is 0 Å². The molecule has 0 amide bonds. The van der Waals surface area contributed by atoms with E-state index in [1.165, 1.54) is 5.56 Å². The first-order valence-corrected chi connectivity index (χ1v) is 7.74. The minimum absolute atomic E-state index is 0.0226. The SMILES string of the molecule is C=C(C#N)COc1ccc(C(C)(C(C)(C)C)C(C)(C)C)cc1. The molecule has 2 heteroatoms. The minimum Gasteiger partial charge on any atom is -0.488 e. The first-order chi connectivity index (χ1) is 9.93. The smallest absolute Gasteiger partial charge is 0.123 e. The van der Waals surface area contributed by atoms with Crippen LogP contribution in [0.4, 0.5) is 0 Å². The van der Waals surface area contributed by atoms with Crippen LogP contribution in [-0.2, 0) is 5.41 Å². The number of benzene rings is 1. The van der Waals surface area contributed by atoms with E-state index in [4.69, 9.17) is 10.00 Å². The molecule has 0 bridgehead atoms. The van der Waals surface area contributed by atoms with E-state index < -0.39 is 0 Å². The fourth-order valence-corrected chi connectivity index (χ4v) is 3.08. The van der Waals surface area contributed by atoms with Crippen molar-refractivity contribution in [2.75, 3.05) is 6.61 Å². The summed E-state index contributed by atoms with van der Waals surface area (Å²) < 4.78 is 5.58. The molecule has 1 aromatic rings. The molecule has 120 valence electrons. The van der Waals surface area contributed by atoms with Gasteiger partial charge in [-0.3, -0.25) is 0 Å². The largest absolute Gasteiger partial charge is 0.488 e. The number of hydrogen-bond acceptors (Lipinski definition) is 2. The molecule has 0 N–H and O–H groups in total. The molecule has 0 aliphatic carbocycles. The molecule has 1 rings (SSSR count). The van der Waals surface area contributed by atoms with Crippen molar-refractivity contribution in [3.8, 4) is 11.8 Å². The Morgan fingerprint density at radius 3 is 1.82 bits per heavy atom. The summed E-state index contributed by atoms with van der Waals surface area (Å²) in [4.78, 5) is 0. The van der Waals surface area contributed by atoms with Gasteiger partial charge in [-0.1, -0.05) is 67.2 Å². The summed E-state index contributed by atoms with van der Waals surface area (Å²) in [5.74, 6) is 0.769. The molecule has 1 aromatic carbocycles. The van der Waals surface area contributed by atoms with Gasteiger partial charge in [-0.2, -0.15) is 5.26 Å².